The van der Waals surface area contributed by atoms with Crippen molar-refractivity contribution < 1.29 is 24.1 Å². The molecule has 0 bridgehead atoms. The fraction of sp³-hybridized carbons (Fsp3) is 0.318. The Kier molecular flexibility index (Phi) is 6.15. The summed E-state index contributed by atoms with van der Waals surface area (Å²) < 4.78 is 21.5. The highest BCUT2D eigenvalue weighted by atomic mass is 35.5. The maximum atomic E-state index is 13.9. The van der Waals surface area contributed by atoms with Crippen molar-refractivity contribution in [1.29, 1.82) is 0 Å². The number of nitrogens with zero attached hydrogens (tertiary/aromatic N) is 1. The van der Waals surface area contributed by atoms with Crippen molar-refractivity contribution in [3.8, 4) is 5.75 Å². The van der Waals surface area contributed by atoms with Crippen LogP contribution in [0.2, 0.25) is 5.02 Å². The van der Waals surface area contributed by atoms with E-state index in [9.17, 15) is 19.4 Å². The molecule has 0 spiro atoms. The van der Waals surface area contributed by atoms with E-state index in [1.54, 1.807) is 30.3 Å². The predicted molar refractivity (Wildman–Crippen MR) is 111 cm³/mol. The van der Waals surface area contributed by atoms with E-state index >= 15 is 0 Å². The van der Waals surface area contributed by atoms with Gasteiger partial charge in [0.05, 0.1) is 12.1 Å². The number of carbonyl (C=O) groups is 1. The van der Waals surface area contributed by atoms with Crippen LogP contribution in [-0.2, 0) is 13.0 Å². The van der Waals surface area contributed by atoms with Crippen molar-refractivity contribution in [1.82, 2.24) is 4.57 Å². The Bertz CT molecular complexity index is 1040. The van der Waals surface area contributed by atoms with Crippen LogP contribution in [0.15, 0.2) is 42.6 Å². The van der Waals surface area contributed by atoms with Crippen LogP contribution in [0.4, 0.5) is 4.39 Å². The van der Waals surface area contributed by atoms with Crippen LogP contribution in [0, 0.1) is 0 Å². The Hall–Kier alpha value is -2.57. The van der Waals surface area contributed by atoms with Gasteiger partial charge in [-0.3, -0.25) is 0 Å². The molecule has 1 heterocycles. The molecule has 0 unspecified atom stereocenters. The summed E-state index contributed by atoms with van der Waals surface area (Å²) in [4.78, 5) is 11.7. The van der Waals surface area contributed by atoms with Crippen LogP contribution < -0.4 is 4.74 Å². The predicted octanol–water partition coefficient (Wildman–Crippen LogP) is 4.70. The van der Waals surface area contributed by atoms with Crippen molar-refractivity contribution in [3.63, 3.8) is 0 Å². The van der Waals surface area contributed by atoms with Crippen molar-refractivity contribution in [2.24, 2.45) is 0 Å². The molecule has 154 valence electrons. The van der Waals surface area contributed by atoms with Gasteiger partial charge in [0.2, 0.25) is 0 Å². The summed E-state index contributed by atoms with van der Waals surface area (Å²) in [5.74, 6) is -0.510. The van der Waals surface area contributed by atoms with Gasteiger partial charge in [0, 0.05) is 34.3 Å². The quantitative estimate of drug-likeness (QED) is 0.555. The molecular formula is C22H23ClFNO4. The summed E-state index contributed by atoms with van der Waals surface area (Å²) >= 11 is 6.16. The second kappa shape index (κ2) is 8.43. The van der Waals surface area contributed by atoms with Gasteiger partial charge in [-0.1, -0.05) is 17.7 Å². The number of benzene rings is 2. The van der Waals surface area contributed by atoms with Crippen LogP contribution in [0.3, 0.4) is 0 Å². The van der Waals surface area contributed by atoms with E-state index in [-0.39, 0.29) is 18.8 Å². The molecule has 29 heavy (non-hydrogen) atoms. The van der Waals surface area contributed by atoms with Gasteiger partial charge >= 0.3 is 5.97 Å². The first-order valence-corrected chi connectivity index (χ1v) is 9.62. The van der Waals surface area contributed by atoms with Gasteiger partial charge in [-0.15, -0.1) is 0 Å². The van der Waals surface area contributed by atoms with Crippen LogP contribution in [0.25, 0.3) is 10.9 Å². The summed E-state index contributed by atoms with van der Waals surface area (Å²) in [5, 5.41) is 20.1. The molecule has 3 rings (SSSR count). The van der Waals surface area contributed by atoms with Crippen LogP contribution >= 0.6 is 11.6 Å². The lowest BCUT2D eigenvalue weighted by molar-refractivity contribution is 0.0699. The van der Waals surface area contributed by atoms with E-state index < -0.39 is 11.6 Å². The summed E-state index contributed by atoms with van der Waals surface area (Å²) in [6.07, 6.45) is 2.17. The molecule has 7 heteroatoms. The van der Waals surface area contributed by atoms with Gasteiger partial charge in [-0.05, 0) is 56.2 Å². The van der Waals surface area contributed by atoms with Gasteiger partial charge in [0.25, 0.3) is 0 Å². The minimum atomic E-state index is -1.48. The van der Waals surface area contributed by atoms with E-state index in [1.165, 1.54) is 13.8 Å². The average molecular weight is 420 g/mol. The lowest BCUT2D eigenvalue weighted by Gasteiger charge is -2.18. The molecule has 3 aromatic rings. The minimum absolute atomic E-state index is 0.0931. The SMILES string of the molecule is CC(C)(F)COc1ccc(Cl)cc1Cn1cc(CCO)c2c(C(=O)O)cccc21. The number of aromatic nitrogens is 1. The second-order valence-electron chi connectivity index (χ2n) is 7.52. The largest absolute Gasteiger partial charge is 0.490 e. The molecule has 0 aliphatic carbocycles. The molecule has 0 aliphatic rings. The Balaban J connectivity index is 2.06. The third kappa shape index (κ3) is 4.89. The zero-order valence-corrected chi connectivity index (χ0v) is 17.0. The molecule has 1 aromatic heterocycles. The molecular weight excluding hydrogens is 397 g/mol. The number of alkyl halides is 1. The van der Waals surface area contributed by atoms with E-state index in [0.29, 0.717) is 29.1 Å². The molecule has 0 saturated carbocycles. The minimum Gasteiger partial charge on any atom is -0.490 e. The fourth-order valence-electron chi connectivity index (χ4n) is 3.30. The summed E-state index contributed by atoms with van der Waals surface area (Å²) in [5.41, 5.74) is 0.920. The van der Waals surface area contributed by atoms with Crippen molar-refractivity contribution in [2.45, 2.75) is 32.5 Å². The molecule has 0 radical (unpaired) electrons. The number of rotatable bonds is 8. The maximum Gasteiger partial charge on any atom is 0.336 e. The van der Waals surface area contributed by atoms with Crippen LogP contribution in [-0.4, -0.2) is 39.6 Å². The normalized spacial score (nSPS) is 11.8. The molecule has 0 amide bonds. The van der Waals surface area contributed by atoms with Gasteiger partial charge in [0.1, 0.15) is 18.0 Å². The monoisotopic (exact) mass is 419 g/mol. The smallest absolute Gasteiger partial charge is 0.336 e. The number of hydrogen-bond acceptors (Lipinski definition) is 3. The van der Waals surface area contributed by atoms with Crippen LogP contribution in [0.5, 0.6) is 5.75 Å². The topological polar surface area (TPSA) is 71.7 Å². The number of carboxylic acids is 1. The van der Waals surface area contributed by atoms with E-state index in [4.69, 9.17) is 16.3 Å². The fourth-order valence-corrected chi connectivity index (χ4v) is 3.50. The number of carboxylic acid groups (broad SMARTS) is 1. The molecule has 2 N–H and O–H groups in total. The molecule has 0 fully saturated rings. The highest BCUT2D eigenvalue weighted by Crippen LogP contribution is 2.30. The lowest BCUT2D eigenvalue weighted by Crippen LogP contribution is -2.23. The van der Waals surface area contributed by atoms with Crippen molar-refractivity contribution >= 4 is 28.5 Å². The molecule has 0 saturated heterocycles. The van der Waals surface area contributed by atoms with Crippen molar-refractivity contribution in [3.05, 3.63) is 64.3 Å². The van der Waals surface area contributed by atoms with E-state index in [2.05, 4.69) is 0 Å². The number of aliphatic hydroxyl groups excluding tert-OH is 1. The Morgan fingerprint density at radius 3 is 2.66 bits per heavy atom. The van der Waals surface area contributed by atoms with Crippen LogP contribution in [0.1, 0.15) is 35.3 Å². The first-order valence-electron chi connectivity index (χ1n) is 9.24. The molecule has 0 atom stereocenters. The number of ether oxygens (including phenoxy) is 1. The van der Waals surface area contributed by atoms with E-state index in [0.717, 1.165) is 16.6 Å². The summed E-state index contributed by atoms with van der Waals surface area (Å²) in [7, 11) is 0. The third-order valence-electron chi connectivity index (χ3n) is 4.53. The maximum absolute atomic E-state index is 13.9. The second-order valence-corrected chi connectivity index (χ2v) is 7.96. The van der Waals surface area contributed by atoms with Crippen molar-refractivity contribution in [2.75, 3.05) is 13.2 Å². The number of aromatic carboxylic acids is 1. The molecule has 2 aromatic carbocycles. The van der Waals surface area contributed by atoms with Gasteiger partial charge in [-0.2, -0.15) is 0 Å². The summed E-state index contributed by atoms with van der Waals surface area (Å²) in [6.45, 7) is 3.04. The van der Waals surface area contributed by atoms with Gasteiger partial charge in [-0.25, -0.2) is 9.18 Å². The Labute approximate surface area is 173 Å². The zero-order chi connectivity index (χ0) is 21.2. The number of fused-ring (bicyclic) bond motifs is 1. The number of halogens is 2. The Morgan fingerprint density at radius 2 is 2.00 bits per heavy atom. The standard InChI is InChI=1S/C22H23ClFNO4/c1-22(2,24)13-29-19-7-6-16(23)10-15(19)12-25-11-14(8-9-26)20-17(21(27)28)4-3-5-18(20)25/h3-7,10-11,26H,8-9,12-13H2,1-2H3,(H,27,28). The zero-order valence-electron chi connectivity index (χ0n) is 16.3. The molecule has 0 aliphatic heterocycles. The number of aliphatic hydroxyl groups is 1. The average Bonchev–Trinajstić information content (AvgIpc) is 2.98. The first kappa shape index (κ1) is 21.1. The number of hydrogen-bond donors (Lipinski definition) is 2. The first-order chi connectivity index (χ1) is 13.7. The summed E-state index contributed by atoms with van der Waals surface area (Å²) in [6, 6.07) is 10.2. The lowest BCUT2D eigenvalue weighted by atomic mass is 10.0. The van der Waals surface area contributed by atoms with Gasteiger partial charge in [0.15, 0.2) is 0 Å². The Morgan fingerprint density at radius 1 is 1.24 bits per heavy atom. The molecule has 5 nitrogen and oxygen atoms in total. The highest BCUT2D eigenvalue weighted by molar-refractivity contribution is 6.30. The van der Waals surface area contributed by atoms with Gasteiger partial charge < -0.3 is 19.5 Å². The van der Waals surface area contributed by atoms with E-state index in [1.807, 2.05) is 16.8 Å². The third-order valence-corrected chi connectivity index (χ3v) is 4.77. The highest BCUT2D eigenvalue weighted by Gasteiger charge is 2.19.